The van der Waals surface area contributed by atoms with E-state index in [9.17, 15) is 28.2 Å². The monoisotopic (exact) mass is 504 g/mol. The van der Waals surface area contributed by atoms with E-state index in [-0.39, 0.29) is 35.7 Å². The molecule has 0 atom stereocenters. The minimum Gasteiger partial charge on any atom is -0.504 e. The number of carbonyl (C=O) groups is 2. The number of nitrogens with one attached hydrogen (secondary N) is 2. The zero-order valence-corrected chi connectivity index (χ0v) is 19.8. The number of halogens is 1. The maximum atomic E-state index is 13.7. The molecule has 2 aromatic heterocycles. The lowest BCUT2D eigenvalue weighted by atomic mass is 10.1. The SMILES string of the molecule is CNC(=O)c1cc(F)ccc1CNC(=O)c1nc(N2CCCN(C)S2(O)O)c2cccnc2c1O. The summed E-state index contributed by atoms with van der Waals surface area (Å²) >= 11 is 0. The van der Waals surface area contributed by atoms with Crippen molar-refractivity contribution < 1.29 is 28.2 Å². The van der Waals surface area contributed by atoms with Crippen LogP contribution < -0.4 is 14.9 Å². The van der Waals surface area contributed by atoms with Gasteiger partial charge in [0.15, 0.2) is 17.3 Å². The van der Waals surface area contributed by atoms with Crippen molar-refractivity contribution in [3.05, 3.63) is 59.2 Å². The standard InChI is InChI=1S/C22H25FN6O5S/c1-24-21(31)16-11-14(23)7-6-13(16)12-26-22(32)18-19(30)17-15(5-3-8-25-17)20(27-18)29-10-4-9-28(2)35(29,33)34/h3,5-8,11,30,33-34H,4,9-10,12H2,1-2H3,(H,24,31)(H,26,32). The van der Waals surface area contributed by atoms with Crippen LogP contribution in [0.25, 0.3) is 10.9 Å². The van der Waals surface area contributed by atoms with Crippen LogP contribution in [-0.2, 0) is 6.54 Å². The summed E-state index contributed by atoms with van der Waals surface area (Å²) in [5, 5.41) is 16.1. The van der Waals surface area contributed by atoms with Crippen molar-refractivity contribution in [3.63, 3.8) is 0 Å². The molecule has 2 amide bonds. The number of fused-ring (bicyclic) bond motifs is 1. The van der Waals surface area contributed by atoms with Crippen LogP contribution in [-0.4, -0.2) is 67.5 Å². The number of aromatic nitrogens is 2. The van der Waals surface area contributed by atoms with Crippen LogP contribution in [0.4, 0.5) is 10.2 Å². The van der Waals surface area contributed by atoms with E-state index in [1.165, 1.54) is 34.0 Å². The molecule has 35 heavy (non-hydrogen) atoms. The lowest BCUT2D eigenvalue weighted by molar-refractivity contribution is 0.0934. The van der Waals surface area contributed by atoms with Gasteiger partial charge < -0.3 is 15.7 Å². The van der Waals surface area contributed by atoms with Gasteiger partial charge in [0, 0.05) is 50.9 Å². The number of hydrogen-bond acceptors (Lipinski definition) is 9. The number of aromatic hydroxyl groups is 1. The number of amides is 2. The van der Waals surface area contributed by atoms with Gasteiger partial charge >= 0.3 is 0 Å². The Bertz CT molecular complexity index is 1310. The van der Waals surface area contributed by atoms with E-state index in [0.29, 0.717) is 23.9 Å². The average Bonchev–Trinajstić information content (AvgIpc) is 2.85. The third-order valence-corrected chi connectivity index (χ3v) is 7.66. The second-order valence-corrected chi connectivity index (χ2v) is 9.94. The highest BCUT2D eigenvalue weighted by molar-refractivity contribution is 8.23. The second kappa shape index (κ2) is 9.62. The zero-order valence-electron chi connectivity index (χ0n) is 19.0. The van der Waals surface area contributed by atoms with E-state index in [0.717, 1.165) is 6.07 Å². The number of nitrogens with zero attached hydrogens (tertiary/aromatic N) is 4. The van der Waals surface area contributed by atoms with E-state index in [1.807, 2.05) is 0 Å². The Balaban J connectivity index is 1.72. The highest BCUT2D eigenvalue weighted by atomic mass is 32.3. The van der Waals surface area contributed by atoms with Crippen LogP contribution in [0, 0.1) is 5.82 Å². The van der Waals surface area contributed by atoms with Crippen molar-refractivity contribution in [3.8, 4) is 5.75 Å². The number of benzene rings is 1. The maximum Gasteiger partial charge on any atom is 0.274 e. The molecule has 0 bridgehead atoms. The molecule has 1 aromatic carbocycles. The largest absolute Gasteiger partial charge is 0.504 e. The van der Waals surface area contributed by atoms with Gasteiger partial charge in [-0.1, -0.05) is 6.07 Å². The van der Waals surface area contributed by atoms with Crippen molar-refractivity contribution in [1.82, 2.24) is 24.9 Å². The highest BCUT2D eigenvalue weighted by Gasteiger charge is 2.35. The van der Waals surface area contributed by atoms with Crippen molar-refractivity contribution >= 4 is 39.5 Å². The summed E-state index contributed by atoms with van der Waals surface area (Å²) in [6, 6.07) is 6.83. The number of carbonyl (C=O) groups excluding carboxylic acids is 2. The smallest absolute Gasteiger partial charge is 0.274 e. The Morgan fingerprint density at radius 1 is 1.20 bits per heavy atom. The molecule has 0 unspecified atom stereocenters. The average molecular weight is 505 g/mol. The second-order valence-electron chi connectivity index (χ2n) is 7.89. The first-order chi connectivity index (χ1) is 16.6. The fourth-order valence-corrected chi connectivity index (χ4v) is 5.29. The Hall–Kier alpha value is -3.52. The van der Waals surface area contributed by atoms with Crippen molar-refractivity contribution in [2.24, 2.45) is 0 Å². The molecule has 5 N–H and O–H groups in total. The van der Waals surface area contributed by atoms with Crippen molar-refractivity contribution in [2.45, 2.75) is 13.0 Å². The number of anilines is 1. The summed E-state index contributed by atoms with van der Waals surface area (Å²) < 4.78 is 38.0. The van der Waals surface area contributed by atoms with Crippen molar-refractivity contribution in [2.75, 3.05) is 31.5 Å². The van der Waals surface area contributed by atoms with Gasteiger partial charge in [-0.3, -0.25) is 23.7 Å². The Kier molecular flexibility index (Phi) is 6.76. The van der Waals surface area contributed by atoms with Gasteiger partial charge in [-0.05, 0) is 47.2 Å². The number of hydrogen-bond donors (Lipinski definition) is 5. The van der Waals surface area contributed by atoms with Gasteiger partial charge in [0.05, 0.1) is 0 Å². The van der Waals surface area contributed by atoms with Crippen LogP contribution in [0.3, 0.4) is 0 Å². The van der Waals surface area contributed by atoms with Crippen LogP contribution in [0.1, 0.15) is 32.8 Å². The normalized spacial score (nSPS) is 16.7. The molecule has 4 rings (SSSR count). The molecule has 1 aliphatic rings. The summed E-state index contributed by atoms with van der Waals surface area (Å²) in [5.74, 6) is -2.30. The van der Waals surface area contributed by atoms with Crippen molar-refractivity contribution in [1.29, 1.82) is 0 Å². The molecular formula is C22H25FN6O5S. The molecular weight excluding hydrogens is 479 g/mol. The van der Waals surface area contributed by atoms with Crippen LogP contribution in [0.15, 0.2) is 36.5 Å². The Labute approximate surface area is 202 Å². The van der Waals surface area contributed by atoms with E-state index >= 15 is 0 Å². The maximum absolute atomic E-state index is 13.7. The van der Waals surface area contributed by atoms with Gasteiger partial charge in [-0.15, -0.1) is 0 Å². The Morgan fingerprint density at radius 3 is 2.71 bits per heavy atom. The van der Waals surface area contributed by atoms with E-state index in [4.69, 9.17) is 0 Å². The summed E-state index contributed by atoms with van der Waals surface area (Å²) in [6.45, 7) is 0.576. The van der Waals surface area contributed by atoms with E-state index < -0.39 is 34.3 Å². The van der Waals surface area contributed by atoms with E-state index in [2.05, 4.69) is 20.6 Å². The molecule has 0 saturated carbocycles. The highest BCUT2D eigenvalue weighted by Crippen LogP contribution is 2.52. The third-order valence-electron chi connectivity index (χ3n) is 5.70. The molecule has 186 valence electrons. The van der Waals surface area contributed by atoms with Gasteiger partial charge in [-0.25, -0.2) is 13.7 Å². The summed E-state index contributed by atoms with van der Waals surface area (Å²) in [6.07, 6.45) is 2.05. The first-order valence-corrected chi connectivity index (χ1v) is 12.1. The molecule has 3 heterocycles. The number of rotatable bonds is 5. The first-order valence-electron chi connectivity index (χ1n) is 10.7. The van der Waals surface area contributed by atoms with Gasteiger partial charge in [0.2, 0.25) is 0 Å². The zero-order chi connectivity index (χ0) is 25.3. The summed E-state index contributed by atoms with van der Waals surface area (Å²) in [7, 11) is -0.418. The lowest BCUT2D eigenvalue weighted by Crippen LogP contribution is -2.44. The van der Waals surface area contributed by atoms with Gasteiger partial charge in [0.25, 0.3) is 11.8 Å². The molecule has 0 radical (unpaired) electrons. The van der Waals surface area contributed by atoms with E-state index in [1.54, 1.807) is 19.2 Å². The first kappa shape index (κ1) is 24.6. The third kappa shape index (κ3) is 4.58. The molecule has 0 aliphatic carbocycles. The minimum atomic E-state index is -3.40. The molecule has 0 spiro atoms. The molecule has 1 aliphatic heterocycles. The van der Waals surface area contributed by atoms with Gasteiger partial charge in [0.1, 0.15) is 11.3 Å². The fourth-order valence-electron chi connectivity index (χ4n) is 3.83. The Morgan fingerprint density at radius 2 is 1.97 bits per heavy atom. The molecule has 13 heteroatoms. The molecule has 11 nitrogen and oxygen atoms in total. The van der Waals surface area contributed by atoms with Crippen LogP contribution in [0.5, 0.6) is 5.75 Å². The summed E-state index contributed by atoms with van der Waals surface area (Å²) in [5.41, 5.74) is 0.0952. The van der Waals surface area contributed by atoms with Crippen LogP contribution in [0.2, 0.25) is 0 Å². The van der Waals surface area contributed by atoms with Crippen LogP contribution >= 0.6 is 11.0 Å². The quantitative estimate of drug-likeness (QED) is 0.353. The predicted octanol–water partition coefficient (Wildman–Crippen LogP) is 2.49. The fraction of sp³-hybridized carbons (Fsp3) is 0.273. The lowest BCUT2D eigenvalue weighted by Gasteiger charge is -2.51. The molecule has 1 fully saturated rings. The minimum absolute atomic E-state index is 0.0520. The summed E-state index contributed by atoms with van der Waals surface area (Å²) in [4.78, 5) is 33.7. The predicted molar refractivity (Wildman–Crippen MR) is 130 cm³/mol. The molecule has 3 aromatic rings. The van der Waals surface area contributed by atoms with Gasteiger partial charge in [-0.2, -0.15) is 4.31 Å². The topological polar surface area (TPSA) is 151 Å². The molecule has 1 saturated heterocycles. The number of pyridine rings is 2.